The normalized spacial score (nSPS) is 17.5. The van der Waals surface area contributed by atoms with E-state index in [4.69, 9.17) is 5.11 Å². The maximum absolute atomic E-state index is 13.3. The standard InChI is InChI=1S/C10H7F3O2/c11-5-1-2-6(12)8(13)7(5)10(3-4-10)9(14)15/h1-2H,3-4H2,(H,14,15). The second-order valence-electron chi connectivity index (χ2n) is 3.61. The first-order valence-corrected chi connectivity index (χ1v) is 4.36. The zero-order chi connectivity index (χ0) is 11.2. The Kier molecular flexibility index (Phi) is 1.99. The van der Waals surface area contributed by atoms with E-state index < -0.39 is 34.4 Å². The number of hydrogen-bond acceptors (Lipinski definition) is 1. The third kappa shape index (κ3) is 1.30. The largest absolute Gasteiger partial charge is 0.481 e. The van der Waals surface area contributed by atoms with E-state index >= 15 is 0 Å². The lowest BCUT2D eigenvalue weighted by molar-refractivity contribution is -0.140. The van der Waals surface area contributed by atoms with E-state index in [0.717, 1.165) is 6.07 Å². The highest BCUT2D eigenvalue weighted by Gasteiger charge is 2.55. The van der Waals surface area contributed by atoms with Gasteiger partial charge in [-0.15, -0.1) is 0 Å². The van der Waals surface area contributed by atoms with Gasteiger partial charge in [0.2, 0.25) is 0 Å². The molecule has 0 radical (unpaired) electrons. The molecule has 2 nitrogen and oxygen atoms in total. The molecule has 15 heavy (non-hydrogen) atoms. The number of carbonyl (C=O) groups is 1. The van der Waals surface area contributed by atoms with Gasteiger partial charge in [-0.2, -0.15) is 0 Å². The number of halogens is 3. The number of aliphatic carboxylic acids is 1. The van der Waals surface area contributed by atoms with Crippen LogP contribution in [0.3, 0.4) is 0 Å². The lowest BCUT2D eigenvalue weighted by Crippen LogP contribution is -2.23. The summed E-state index contributed by atoms with van der Waals surface area (Å²) in [5.74, 6) is -4.94. The second kappa shape index (κ2) is 2.98. The Balaban J connectivity index is 2.62. The van der Waals surface area contributed by atoms with Gasteiger partial charge in [-0.05, 0) is 25.0 Å². The predicted octanol–water partition coefficient (Wildman–Crippen LogP) is 2.22. The molecule has 0 bridgehead atoms. The Labute approximate surface area is 83.3 Å². The van der Waals surface area contributed by atoms with Gasteiger partial charge in [0.15, 0.2) is 11.6 Å². The van der Waals surface area contributed by atoms with Gasteiger partial charge in [-0.3, -0.25) is 4.79 Å². The maximum Gasteiger partial charge on any atom is 0.314 e. The summed E-state index contributed by atoms with van der Waals surface area (Å²) in [5.41, 5.74) is -2.22. The van der Waals surface area contributed by atoms with Crippen molar-refractivity contribution in [3.63, 3.8) is 0 Å². The fraction of sp³-hybridized carbons (Fsp3) is 0.300. The highest BCUT2D eigenvalue weighted by Crippen LogP contribution is 2.50. The van der Waals surface area contributed by atoms with Gasteiger partial charge in [0.25, 0.3) is 0 Å². The predicted molar refractivity (Wildman–Crippen MR) is 44.9 cm³/mol. The number of carboxylic acid groups (broad SMARTS) is 1. The van der Waals surface area contributed by atoms with Crippen molar-refractivity contribution in [2.75, 3.05) is 0 Å². The van der Waals surface area contributed by atoms with Crippen LogP contribution in [0.1, 0.15) is 18.4 Å². The third-order valence-electron chi connectivity index (χ3n) is 2.68. The van der Waals surface area contributed by atoms with Gasteiger partial charge >= 0.3 is 5.97 Å². The highest BCUT2D eigenvalue weighted by molar-refractivity contribution is 5.85. The van der Waals surface area contributed by atoms with Crippen LogP contribution in [0.25, 0.3) is 0 Å². The summed E-state index contributed by atoms with van der Waals surface area (Å²) in [6, 6.07) is 1.39. The van der Waals surface area contributed by atoms with E-state index in [1.807, 2.05) is 0 Å². The van der Waals surface area contributed by atoms with Gasteiger partial charge in [-0.25, -0.2) is 13.2 Å². The first kappa shape index (κ1) is 10.0. The molecular formula is C10H7F3O2. The van der Waals surface area contributed by atoms with Crippen molar-refractivity contribution in [1.29, 1.82) is 0 Å². The maximum atomic E-state index is 13.3. The van der Waals surface area contributed by atoms with Crippen molar-refractivity contribution in [2.45, 2.75) is 18.3 Å². The van der Waals surface area contributed by atoms with Gasteiger partial charge in [-0.1, -0.05) is 0 Å². The van der Waals surface area contributed by atoms with E-state index in [2.05, 4.69) is 0 Å². The van der Waals surface area contributed by atoms with Crippen LogP contribution in [0.4, 0.5) is 13.2 Å². The van der Waals surface area contributed by atoms with Gasteiger partial charge in [0.1, 0.15) is 5.82 Å². The summed E-state index contributed by atoms with van der Waals surface area (Å²) in [6.45, 7) is 0. The molecule has 0 unspecified atom stereocenters. The monoisotopic (exact) mass is 216 g/mol. The summed E-state index contributed by atoms with van der Waals surface area (Å²) in [4.78, 5) is 10.8. The van der Waals surface area contributed by atoms with Crippen LogP contribution in [0.2, 0.25) is 0 Å². The molecule has 2 rings (SSSR count). The van der Waals surface area contributed by atoms with Crippen molar-refractivity contribution in [2.24, 2.45) is 0 Å². The summed E-state index contributed by atoms with van der Waals surface area (Å²) in [7, 11) is 0. The molecule has 1 saturated carbocycles. The van der Waals surface area contributed by atoms with E-state index in [9.17, 15) is 18.0 Å². The SMILES string of the molecule is O=C(O)C1(c2c(F)ccc(F)c2F)CC1. The molecule has 0 amide bonds. The topological polar surface area (TPSA) is 37.3 Å². The molecule has 80 valence electrons. The minimum absolute atomic E-state index is 0.139. The zero-order valence-electron chi connectivity index (χ0n) is 7.56. The molecule has 0 heterocycles. The molecule has 1 fully saturated rings. The summed E-state index contributed by atoms with van der Waals surface area (Å²) in [6.07, 6.45) is 0.277. The molecule has 1 aliphatic carbocycles. The van der Waals surface area contributed by atoms with Crippen LogP contribution >= 0.6 is 0 Å². The number of hydrogen-bond donors (Lipinski definition) is 1. The average Bonchev–Trinajstić information content (AvgIpc) is 2.93. The van der Waals surface area contributed by atoms with Crippen molar-refractivity contribution < 1.29 is 23.1 Å². The third-order valence-corrected chi connectivity index (χ3v) is 2.68. The van der Waals surface area contributed by atoms with Crippen molar-refractivity contribution >= 4 is 5.97 Å². The molecular weight excluding hydrogens is 209 g/mol. The first-order valence-electron chi connectivity index (χ1n) is 4.36. The summed E-state index contributed by atoms with van der Waals surface area (Å²) >= 11 is 0. The van der Waals surface area contributed by atoms with E-state index in [1.54, 1.807) is 0 Å². The van der Waals surface area contributed by atoms with Crippen LogP contribution in [-0.4, -0.2) is 11.1 Å². The summed E-state index contributed by atoms with van der Waals surface area (Å²) in [5, 5.41) is 8.84. The number of carboxylic acids is 1. The Morgan fingerprint density at radius 2 is 1.73 bits per heavy atom. The fourth-order valence-corrected chi connectivity index (χ4v) is 1.66. The van der Waals surface area contributed by atoms with Crippen LogP contribution in [0.5, 0.6) is 0 Å². The number of benzene rings is 1. The van der Waals surface area contributed by atoms with E-state index in [-0.39, 0.29) is 12.8 Å². The smallest absolute Gasteiger partial charge is 0.314 e. The Morgan fingerprint density at radius 3 is 2.20 bits per heavy atom. The average molecular weight is 216 g/mol. The van der Waals surface area contributed by atoms with Crippen molar-refractivity contribution in [3.8, 4) is 0 Å². The van der Waals surface area contributed by atoms with Gasteiger partial charge in [0.05, 0.1) is 5.41 Å². The quantitative estimate of drug-likeness (QED) is 0.769. The molecule has 1 aromatic carbocycles. The lowest BCUT2D eigenvalue weighted by atomic mass is 9.95. The van der Waals surface area contributed by atoms with E-state index in [1.165, 1.54) is 0 Å². The molecule has 0 saturated heterocycles. The molecule has 0 aliphatic heterocycles. The lowest BCUT2D eigenvalue weighted by Gasteiger charge is -2.12. The fourth-order valence-electron chi connectivity index (χ4n) is 1.66. The van der Waals surface area contributed by atoms with Crippen LogP contribution in [0, 0.1) is 17.5 Å². The Hall–Kier alpha value is -1.52. The minimum Gasteiger partial charge on any atom is -0.481 e. The number of rotatable bonds is 2. The zero-order valence-corrected chi connectivity index (χ0v) is 7.56. The molecule has 1 aliphatic rings. The van der Waals surface area contributed by atoms with Gasteiger partial charge in [0, 0.05) is 5.56 Å². The Morgan fingerprint density at radius 1 is 1.20 bits per heavy atom. The molecule has 0 aromatic heterocycles. The second-order valence-corrected chi connectivity index (χ2v) is 3.61. The van der Waals surface area contributed by atoms with Crippen molar-refractivity contribution in [1.82, 2.24) is 0 Å². The van der Waals surface area contributed by atoms with Crippen LogP contribution in [-0.2, 0) is 10.2 Å². The molecule has 1 N–H and O–H groups in total. The molecule has 0 spiro atoms. The van der Waals surface area contributed by atoms with Gasteiger partial charge < -0.3 is 5.11 Å². The molecule has 5 heteroatoms. The molecule has 0 atom stereocenters. The minimum atomic E-state index is -1.56. The Bertz CT molecular complexity index is 439. The first-order chi connectivity index (χ1) is 6.99. The molecule has 1 aromatic rings. The van der Waals surface area contributed by atoms with Crippen LogP contribution < -0.4 is 0 Å². The van der Waals surface area contributed by atoms with E-state index in [0.29, 0.717) is 6.07 Å². The van der Waals surface area contributed by atoms with Crippen LogP contribution in [0.15, 0.2) is 12.1 Å². The highest BCUT2D eigenvalue weighted by atomic mass is 19.2. The summed E-state index contributed by atoms with van der Waals surface area (Å²) < 4.78 is 39.4. The van der Waals surface area contributed by atoms with Crippen molar-refractivity contribution in [3.05, 3.63) is 35.1 Å².